The number of nitrogens with zero attached hydrogens (tertiary/aromatic N) is 1. The monoisotopic (exact) mass is 296 g/mol. The maximum absolute atomic E-state index is 12.0. The van der Waals surface area contributed by atoms with Gasteiger partial charge in [0.25, 0.3) is 0 Å². The largest absolute Gasteiger partial charge is 0.445 e. The Labute approximate surface area is 123 Å². The maximum atomic E-state index is 12.0. The zero-order chi connectivity index (χ0) is 13.2. The van der Waals surface area contributed by atoms with E-state index in [9.17, 15) is 9.59 Å². The van der Waals surface area contributed by atoms with Gasteiger partial charge in [0.05, 0.1) is 18.6 Å². The highest BCUT2D eigenvalue weighted by atomic mass is 35.5. The van der Waals surface area contributed by atoms with Crippen LogP contribution >= 0.6 is 12.4 Å². The summed E-state index contributed by atoms with van der Waals surface area (Å²) < 4.78 is 5.28. The van der Waals surface area contributed by atoms with Crippen molar-refractivity contribution in [3.8, 4) is 0 Å². The summed E-state index contributed by atoms with van der Waals surface area (Å²) in [6.07, 6.45) is 0.421. The highest BCUT2D eigenvalue weighted by molar-refractivity contribution is 5.93. The Kier molecular flexibility index (Phi) is 4.62. The summed E-state index contributed by atoms with van der Waals surface area (Å²) in [4.78, 5) is 25.3. The Morgan fingerprint density at radius 1 is 1.35 bits per heavy atom. The van der Waals surface area contributed by atoms with E-state index in [0.29, 0.717) is 0 Å². The van der Waals surface area contributed by atoms with Crippen LogP contribution in [0.2, 0.25) is 0 Å². The van der Waals surface area contributed by atoms with Crippen molar-refractivity contribution in [2.45, 2.75) is 25.1 Å². The number of carbonyl (C=O) groups is 2. The zero-order valence-corrected chi connectivity index (χ0v) is 11.8. The lowest BCUT2D eigenvalue weighted by Crippen LogP contribution is -2.39. The SMILES string of the molecule is Cl.O=C1CN(C(=O)OCc2ccccc2)C2CCNC12. The minimum absolute atomic E-state index is 0. The van der Waals surface area contributed by atoms with E-state index in [1.165, 1.54) is 0 Å². The molecule has 2 heterocycles. The van der Waals surface area contributed by atoms with Gasteiger partial charge in [-0.2, -0.15) is 0 Å². The zero-order valence-electron chi connectivity index (χ0n) is 11.0. The number of likely N-dealkylation sites (tertiary alicyclic amines) is 1. The second-order valence-electron chi connectivity index (χ2n) is 4.92. The predicted molar refractivity (Wildman–Crippen MR) is 75.8 cm³/mol. The molecular formula is C14H17ClN2O3. The highest BCUT2D eigenvalue weighted by Crippen LogP contribution is 2.23. The number of ether oxygens (including phenoxy) is 1. The van der Waals surface area contributed by atoms with E-state index in [0.717, 1.165) is 18.5 Å². The van der Waals surface area contributed by atoms with Crippen LogP contribution < -0.4 is 5.32 Å². The van der Waals surface area contributed by atoms with Crippen molar-refractivity contribution in [2.75, 3.05) is 13.1 Å². The molecule has 2 saturated heterocycles. The fraction of sp³-hybridized carbons (Fsp3) is 0.429. The van der Waals surface area contributed by atoms with Gasteiger partial charge in [0.2, 0.25) is 0 Å². The first-order valence-corrected chi connectivity index (χ1v) is 6.49. The minimum atomic E-state index is -0.395. The highest BCUT2D eigenvalue weighted by Gasteiger charge is 2.46. The van der Waals surface area contributed by atoms with E-state index in [1.807, 2.05) is 30.3 Å². The predicted octanol–water partition coefficient (Wildman–Crippen LogP) is 1.36. The molecule has 2 unspecified atom stereocenters. The standard InChI is InChI=1S/C14H16N2O3.ClH/c17-12-8-16(11-6-7-15-13(11)12)14(18)19-9-10-4-2-1-3-5-10;/h1-5,11,13,15H,6-9H2;1H. The number of halogens is 1. The molecule has 0 aliphatic carbocycles. The minimum Gasteiger partial charge on any atom is -0.445 e. The first-order valence-electron chi connectivity index (χ1n) is 6.49. The van der Waals surface area contributed by atoms with Gasteiger partial charge in [-0.3, -0.25) is 9.69 Å². The summed E-state index contributed by atoms with van der Waals surface area (Å²) in [6.45, 7) is 1.19. The molecule has 0 saturated carbocycles. The van der Waals surface area contributed by atoms with Crippen LogP contribution in [0.15, 0.2) is 30.3 Å². The second kappa shape index (κ2) is 6.24. The average molecular weight is 297 g/mol. The van der Waals surface area contributed by atoms with E-state index in [2.05, 4.69) is 5.32 Å². The smallest absolute Gasteiger partial charge is 0.410 e. The Balaban J connectivity index is 0.00000147. The van der Waals surface area contributed by atoms with Crippen LogP contribution in [0.3, 0.4) is 0 Å². The van der Waals surface area contributed by atoms with E-state index in [1.54, 1.807) is 4.90 Å². The van der Waals surface area contributed by atoms with Gasteiger partial charge in [-0.25, -0.2) is 4.79 Å². The lowest BCUT2D eigenvalue weighted by atomic mass is 10.1. The lowest BCUT2D eigenvalue weighted by molar-refractivity contribution is -0.118. The fourth-order valence-corrected chi connectivity index (χ4v) is 2.74. The molecular weight excluding hydrogens is 280 g/mol. The molecule has 2 atom stereocenters. The van der Waals surface area contributed by atoms with Crippen molar-refractivity contribution >= 4 is 24.3 Å². The van der Waals surface area contributed by atoms with E-state index < -0.39 is 6.09 Å². The van der Waals surface area contributed by atoms with E-state index >= 15 is 0 Å². The lowest BCUT2D eigenvalue weighted by Gasteiger charge is -2.21. The van der Waals surface area contributed by atoms with Gasteiger partial charge in [-0.15, -0.1) is 12.4 Å². The van der Waals surface area contributed by atoms with Gasteiger partial charge < -0.3 is 10.1 Å². The van der Waals surface area contributed by atoms with Crippen LogP contribution in [-0.4, -0.2) is 41.9 Å². The van der Waals surface area contributed by atoms with Crippen LogP contribution in [0, 0.1) is 0 Å². The molecule has 2 fully saturated rings. The van der Waals surface area contributed by atoms with E-state index in [4.69, 9.17) is 4.74 Å². The Morgan fingerprint density at radius 3 is 2.85 bits per heavy atom. The average Bonchev–Trinajstić information content (AvgIpc) is 3.02. The Hall–Kier alpha value is -1.59. The summed E-state index contributed by atoms with van der Waals surface area (Å²) in [5.74, 6) is 0.0826. The van der Waals surface area contributed by atoms with Gasteiger partial charge >= 0.3 is 6.09 Å². The number of hydrogen-bond acceptors (Lipinski definition) is 4. The number of hydrogen-bond donors (Lipinski definition) is 1. The fourth-order valence-electron chi connectivity index (χ4n) is 2.74. The van der Waals surface area contributed by atoms with Crippen molar-refractivity contribution < 1.29 is 14.3 Å². The van der Waals surface area contributed by atoms with Crippen LogP contribution in [0.5, 0.6) is 0 Å². The summed E-state index contributed by atoms with van der Waals surface area (Å²) in [5, 5.41) is 3.13. The maximum Gasteiger partial charge on any atom is 0.410 e. The molecule has 0 spiro atoms. The molecule has 1 aromatic rings. The molecule has 108 valence electrons. The molecule has 0 aromatic heterocycles. The van der Waals surface area contributed by atoms with Gasteiger partial charge in [0.1, 0.15) is 6.61 Å². The third-order valence-corrected chi connectivity index (χ3v) is 3.70. The molecule has 5 nitrogen and oxygen atoms in total. The third kappa shape index (κ3) is 2.78. The number of Topliss-reactive ketones (excluding diaryl/α,β-unsaturated/α-hetero) is 1. The molecule has 6 heteroatoms. The van der Waals surface area contributed by atoms with E-state index in [-0.39, 0.29) is 43.4 Å². The third-order valence-electron chi connectivity index (χ3n) is 3.70. The van der Waals surface area contributed by atoms with Crippen molar-refractivity contribution in [1.29, 1.82) is 0 Å². The number of fused-ring (bicyclic) bond motifs is 1. The molecule has 2 aliphatic rings. The second-order valence-corrected chi connectivity index (χ2v) is 4.92. The molecule has 2 aliphatic heterocycles. The first kappa shape index (κ1) is 14.8. The number of carbonyl (C=O) groups excluding carboxylic acids is 2. The van der Waals surface area contributed by atoms with Crippen LogP contribution in [0.1, 0.15) is 12.0 Å². The quantitative estimate of drug-likeness (QED) is 0.895. The van der Waals surface area contributed by atoms with Crippen LogP contribution in [0.4, 0.5) is 4.79 Å². The number of nitrogens with one attached hydrogen (secondary N) is 1. The van der Waals surface area contributed by atoms with Gasteiger partial charge in [0.15, 0.2) is 5.78 Å². The topological polar surface area (TPSA) is 58.6 Å². The molecule has 0 radical (unpaired) electrons. The number of benzene rings is 1. The van der Waals surface area contributed by atoms with Crippen molar-refractivity contribution in [3.63, 3.8) is 0 Å². The summed E-state index contributed by atoms with van der Waals surface area (Å²) >= 11 is 0. The van der Waals surface area contributed by atoms with Crippen LogP contribution in [-0.2, 0) is 16.1 Å². The summed E-state index contributed by atoms with van der Waals surface area (Å²) in [5.41, 5.74) is 0.947. The number of ketones is 1. The summed E-state index contributed by atoms with van der Waals surface area (Å²) in [6, 6.07) is 9.31. The van der Waals surface area contributed by atoms with Crippen molar-refractivity contribution in [1.82, 2.24) is 10.2 Å². The molecule has 1 N–H and O–H groups in total. The van der Waals surface area contributed by atoms with Gasteiger partial charge in [0, 0.05) is 0 Å². The molecule has 1 amide bonds. The van der Waals surface area contributed by atoms with Gasteiger partial charge in [-0.1, -0.05) is 30.3 Å². The molecule has 20 heavy (non-hydrogen) atoms. The normalized spacial score (nSPS) is 24.2. The Morgan fingerprint density at radius 2 is 2.10 bits per heavy atom. The first-order chi connectivity index (χ1) is 9.25. The molecule has 3 rings (SSSR count). The number of amides is 1. The van der Waals surface area contributed by atoms with Crippen molar-refractivity contribution in [2.24, 2.45) is 0 Å². The van der Waals surface area contributed by atoms with Gasteiger partial charge in [-0.05, 0) is 18.5 Å². The summed E-state index contributed by atoms with van der Waals surface area (Å²) in [7, 11) is 0. The number of rotatable bonds is 2. The van der Waals surface area contributed by atoms with Crippen molar-refractivity contribution in [3.05, 3.63) is 35.9 Å². The molecule has 0 bridgehead atoms. The van der Waals surface area contributed by atoms with Crippen LogP contribution in [0.25, 0.3) is 0 Å². The Bertz CT molecular complexity index is 494. The molecule has 1 aromatic carbocycles.